The molecule has 0 amide bonds. The number of phenols is 2. The minimum absolute atomic E-state index is 0.158. The van der Waals surface area contributed by atoms with Gasteiger partial charge in [0.15, 0.2) is 0 Å². The van der Waals surface area contributed by atoms with Crippen LogP contribution >= 0.6 is 0 Å². The van der Waals surface area contributed by atoms with Gasteiger partial charge in [0.05, 0.1) is 0 Å². The third kappa shape index (κ3) is 4.64. The molecule has 0 aromatic heterocycles. The van der Waals surface area contributed by atoms with Crippen LogP contribution in [0.25, 0.3) is 22.3 Å². The van der Waals surface area contributed by atoms with Crippen molar-refractivity contribution in [3.8, 4) is 33.8 Å². The van der Waals surface area contributed by atoms with E-state index < -0.39 is 0 Å². The first-order chi connectivity index (χ1) is 15.0. The topological polar surface area (TPSA) is 40.5 Å². The van der Waals surface area contributed by atoms with E-state index in [0.29, 0.717) is 5.92 Å². The number of aromatic hydroxyl groups is 2. The Bertz CT molecular complexity index is 1060. The number of benzene rings is 4. The van der Waals surface area contributed by atoms with E-state index >= 15 is 0 Å². The molecule has 31 heavy (non-hydrogen) atoms. The summed E-state index contributed by atoms with van der Waals surface area (Å²) < 4.78 is 0. The molecule has 0 aliphatic rings. The molecule has 0 bridgehead atoms. The molecule has 0 fully saturated rings. The van der Waals surface area contributed by atoms with E-state index in [4.69, 9.17) is 0 Å². The number of hydrogen-bond donors (Lipinski definition) is 2. The second-order valence-electron chi connectivity index (χ2n) is 8.47. The van der Waals surface area contributed by atoms with Gasteiger partial charge in [0.2, 0.25) is 0 Å². The Kier molecular flexibility index (Phi) is 6.08. The maximum atomic E-state index is 10.5. The summed E-state index contributed by atoms with van der Waals surface area (Å²) in [5, 5.41) is 21.0. The Morgan fingerprint density at radius 1 is 0.581 bits per heavy atom. The average molecular weight is 409 g/mol. The van der Waals surface area contributed by atoms with Crippen LogP contribution in [0.4, 0.5) is 0 Å². The lowest BCUT2D eigenvalue weighted by molar-refractivity contribution is 0.476. The molecule has 156 valence electrons. The largest absolute Gasteiger partial charge is 0.507 e. The summed E-state index contributed by atoms with van der Waals surface area (Å²) in [6.45, 7) is 4.45. The third-order valence-electron chi connectivity index (χ3n) is 5.72. The lowest BCUT2D eigenvalue weighted by Gasteiger charge is -2.22. The second kappa shape index (κ2) is 9.09. The van der Waals surface area contributed by atoms with Crippen molar-refractivity contribution >= 4 is 0 Å². The normalized spacial score (nSPS) is 11.2. The summed E-state index contributed by atoms with van der Waals surface area (Å²) in [6.07, 6.45) is 0.970. The molecule has 4 rings (SSSR count). The van der Waals surface area contributed by atoms with Gasteiger partial charge in [-0.05, 0) is 58.9 Å². The molecule has 0 radical (unpaired) electrons. The number of hydrogen-bond acceptors (Lipinski definition) is 2. The van der Waals surface area contributed by atoms with Crippen molar-refractivity contribution < 1.29 is 10.2 Å². The minimum atomic E-state index is 0.158. The first kappa shape index (κ1) is 20.7. The molecule has 0 saturated carbocycles. The van der Waals surface area contributed by atoms with E-state index in [1.54, 1.807) is 12.1 Å². The lowest BCUT2D eigenvalue weighted by Crippen LogP contribution is -2.06. The second-order valence-corrected chi connectivity index (χ2v) is 8.47. The monoisotopic (exact) mass is 408 g/mol. The maximum absolute atomic E-state index is 10.5. The smallest absolute Gasteiger partial charge is 0.123 e. The van der Waals surface area contributed by atoms with Gasteiger partial charge in [-0.3, -0.25) is 0 Å². The Labute approximate surface area is 184 Å². The fourth-order valence-corrected chi connectivity index (χ4v) is 4.17. The van der Waals surface area contributed by atoms with Crippen LogP contribution in [0.3, 0.4) is 0 Å². The molecular formula is C29H28O2. The molecule has 0 aliphatic carbocycles. The van der Waals surface area contributed by atoms with Crippen LogP contribution in [0.15, 0.2) is 97.1 Å². The number of rotatable bonds is 6. The Morgan fingerprint density at radius 3 is 1.39 bits per heavy atom. The van der Waals surface area contributed by atoms with Crippen molar-refractivity contribution in [3.63, 3.8) is 0 Å². The lowest BCUT2D eigenvalue weighted by atomic mass is 9.82. The molecule has 0 heterocycles. The SMILES string of the molecule is CC(C)CC(c1ccc(O)c(-c2ccccc2)c1)c1ccc(O)c(-c2ccccc2)c1. The number of phenolic OH excluding ortho intramolecular Hbond substituents is 2. The molecular weight excluding hydrogens is 380 g/mol. The predicted molar refractivity (Wildman–Crippen MR) is 128 cm³/mol. The van der Waals surface area contributed by atoms with Crippen molar-refractivity contribution in [2.24, 2.45) is 5.92 Å². The molecule has 2 N–H and O–H groups in total. The van der Waals surface area contributed by atoms with Gasteiger partial charge >= 0.3 is 0 Å². The highest BCUT2D eigenvalue weighted by Crippen LogP contribution is 2.39. The van der Waals surface area contributed by atoms with Crippen LogP contribution in [0, 0.1) is 5.92 Å². The van der Waals surface area contributed by atoms with Crippen molar-refractivity contribution in [3.05, 3.63) is 108 Å². The van der Waals surface area contributed by atoms with Crippen molar-refractivity contribution in [1.82, 2.24) is 0 Å². The van der Waals surface area contributed by atoms with Gasteiger partial charge in [-0.1, -0.05) is 86.6 Å². The summed E-state index contributed by atoms with van der Waals surface area (Å²) in [5.74, 6) is 1.22. The van der Waals surface area contributed by atoms with Gasteiger partial charge in [-0.25, -0.2) is 0 Å². The van der Waals surface area contributed by atoms with E-state index in [0.717, 1.165) is 39.8 Å². The Hall–Kier alpha value is -3.52. The highest BCUT2D eigenvalue weighted by atomic mass is 16.3. The van der Waals surface area contributed by atoms with Crippen molar-refractivity contribution in [2.45, 2.75) is 26.2 Å². The van der Waals surface area contributed by atoms with Gasteiger partial charge < -0.3 is 10.2 Å². The predicted octanol–water partition coefficient (Wildman–Crippen LogP) is 7.61. The Morgan fingerprint density at radius 2 is 1.00 bits per heavy atom. The molecule has 0 aliphatic heterocycles. The Balaban J connectivity index is 1.81. The highest BCUT2D eigenvalue weighted by Gasteiger charge is 2.19. The zero-order valence-electron chi connectivity index (χ0n) is 18.0. The highest BCUT2D eigenvalue weighted by molar-refractivity contribution is 5.73. The van der Waals surface area contributed by atoms with Crippen molar-refractivity contribution in [1.29, 1.82) is 0 Å². The summed E-state index contributed by atoms with van der Waals surface area (Å²) in [5.41, 5.74) is 6.01. The fraction of sp³-hybridized carbons (Fsp3) is 0.172. The van der Waals surface area contributed by atoms with Crippen LogP contribution in [0.5, 0.6) is 11.5 Å². The first-order valence-electron chi connectivity index (χ1n) is 10.8. The molecule has 2 heteroatoms. The van der Waals surface area contributed by atoms with Gasteiger partial charge in [-0.15, -0.1) is 0 Å². The third-order valence-corrected chi connectivity index (χ3v) is 5.72. The summed E-state index contributed by atoms with van der Waals surface area (Å²) in [6, 6.07) is 31.8. The molecule has 0 spiro atoms. The van der Waals surface area contributed by atoms with E-state index in [1.165, 1.54) is 0 Å². The first-order valence-corrected chi connectivity index (χ1v) is 10.8. The van der Waals surface area contributed by atoms with Gasteiger partial charge in [0, 0.05) is 17.0 Å². The summed E-state index contributed by atoms with van der Waals surface area (Å²) in [7, 11) is 0. The molecule has 4 aromatic rings. The molecule has 0 unspecified atom stereocenters. The summed E-state index contributed by atoms with van der Waals surface area (Å²) >= 11 is 0. The average Bonchev–Trinajstić information content (AvgIpc) is 2.79. The minimum Gasteiger partial charge on any atom is -0.507 e. The molecule has 2 nitrogen and oxygen atoms in total. The fourth-order valence-electron chi connectivity index (χ4n) is 4.17. The van der Waals surface area contributed by atoms with E-state index in [2.05, 4.69) is 26.0 Å². The van der Waals surface area contributed by atoms with Crippen LogP contribution in [-0.2, 0) is 0 Å². The zero-order valence-corrected chi connectivity index (χ0v) is 18.0. The van der Waals surface area contributed by atoms with Crippen LogP contribution < -0.4 is 0 Å². The molecule has 0 saturated heterocycles. The van der Waals surface area contributed by atoms with Gasteiger partial charge in [0.25, 0.3) is 0 Å². The molecule has 0 atom stereocenters. The van der Waals surface area contributed by atoms with Gasteiger partial charge in [0.1, 0.15) is 11.5 Å². The van der Waals surface area contributed by atoms with Crippen LogP contribution in [-0.4, -0.2) is 10.2 Å². The van der Waals surface area contributed by atoms with Gasteiger partial charge in [-0.2, -0.15) is 0 Å². The van der Waals surface area contributed by atoms with Crippen LogP contribution in [0.1, 0.15) is 37.3 Å². The van der Waals surface area contributed by atoms with Crippen LogP contribution in [0.2, 0.25) is 0 Å². The van der Waals surface area contributed by atoms with Crippen molar-refractivity contribution in [2.75, 3.05) is 0 Å². The van der Waals surface area contributed by atoms with E-state index in [9.17, 15) is 10.2 Å². The maximum Gasteiger partial charge on any atom is 0.123 e. The standard InChI is InChI=1S/C29H28O2/c1-20(2)17-25(23-13-15-28(30)26(18-23)21-9-5-3-6-10-21)24-14-16-29(31)27(19-24)22-11-7-4-8-12-22/h3-16,18-20,25,30-31H,17H2,1-2H3. The van der Waals surface area contributed by atoms with E-state index in [-0.39, 0.29) is 17.4 Å². The zero-order chi connectivity index (χ0) is 21.8. The summed E-state index contributed by atoms with van der Waals surface area (Å²) in [4.78, 5) is 0. The van der Waals surface area contributed by atoms with E-state index in [1.807, 2.05) is 72.8 Å². The molecule has 4 aromatic carbocycles. The quantitative estimate of drug-likeness (QED) is 0.345.